The van der Waals surface area contributed by atoms with Gasteiger partial charge in [-0.2, -0.15) is 0 Å². The average Bonchev–Trinajstić information content (AvgIpc) is 2.38. The first-order valence-corrected chi connectivity index (χ1v) is 4.82. The molecule has 0 bridgehead atoms. The Bertz CT molecular complexity index is 544. The standard InChI is InChI=1S/C10H9N5O2/c1-11-10-9(15(16)17)8(13-6-14-10)7-4-2-3-5-12-7/h2-6H,1H3,(H,11,13,14). The molecule has 86 valence electrons. The summed E-state index contributed by atoms with van der Waals surface area (Å²) in [4.78, 5) is 22.3. The SMILES string of the molecule is CNc1ncnc(-c2ccccn2)c1[N+](=O)[O-]. The maximum Gasteiger partial charge on any atom is 0.338 e. The third kappa shape index (κ3) is 2.03. The second kappa shape index (κ2) is 4.52. The van der Waals surface area contributed by atoms with E-state index in [4.69, 9.17) is 0 Å². The molecule has 0 amide bonds. The topological polar surface area (TPSA) is 93.8 Å². The van der Waals surface area contributed by atoms with Crippen LogP contribution in [-0.4, -0.2) is 26.9 Å². The van der Waals surface area contributed by atoms with Crippen LogP contribution in [0.25, 0.3) is 11.4 Å². The zero-order chi connectivity index (χ0) is 12.3. The van der Waals surface area contributed by atoms with Crippen molar-refractivity contribution in [1.82, 2.24) is 15.0 Å². The van der Waals surface area contributed by atoms with Crippen molar-refractivity contribution in [2.45, 2.75) is 0 Å². The van der Waals surface area contributed by atoms with Gasteiger partial charge in [0.25, 0.3) is 0 Å². The van der Waals surface area contributed by atoms with Gasteiger partial charge < -0.3 is 5.32 Å². The average molecular weight is 231 g/mol. The number of hydrogen-bond donors (Lipinski definition) is 1. The maximum atomic E-state index is 11.0. The van der Waals surface area contributed by atoms with Crippen molar-refractivity contribution in [3.63, 3.8) is 0 Å². The van der Waals surface area contributed by atoms with Crippen molar-refractivity contribution in [2.75, 3.05) is 12.4 Å². The van der Waals surface area contributed by atoms with E-state index in [1.165, 1.54) is 6.33 Å². The summed E-state index contributed by atoms with van der Waals surface area (Å²) in [6.07, 6.45) is 2.82. The molecule has 0 unspecified atom stereocenters. The molecule has 0 atom stereocenters. The summed E-state index contributed by atoms with van der Waals surface area (Å²) in [7, 11) is 1.57. The Labute approximate surface area is 96.7 Å². The van der Waals surface area contributed by atoms with Gasteiger partial charge in [-0.1, -0.05) is 6.07 Å². The van der Waals surface area contributed by atoms with Crippen LogP contribution in [0.5, 0.6) is 0 Å². The van der Waals surface area contributed by atoms with E-state index in [0.29, 0.717) is 5.69 Å². The molecule has 2 heterocycles. The number of aromatic nitrogens is 3. The van der Waals surface area contributed by atoms with Crippen LogP contribution in [0.2, 0.25) is 0 Å². The molecular weight excluding hydrogens is 222 g/mol. The molecule has 7 heteroatoms. The Kier molecular flexibility index (Phi) is 2.91. The Morgan fingerprint density at radius 2 is 2.12 bits per heavy atom. The molecule has 0 fully saturated rings. The smallest absolute Gasteiger partial charge is 0.338 e. The molecule has 0 spiro atoms. The van der Waals surface area contributed by atoms with E-state index < -0.39 is 4.92 Å². The molecule has 17 heavy (non-hydrogen) atoms. The summed E-state index contributed by atoms with van der Waals surface area (Å²) in [6.45, 7) is 0. The highest BCUT2D eigenvalue weighted by Gasteiger charge is 2.23. The van der Waals surface area contributed by atoms with Crippen molar-refractivity contribution in [1.29, 1.82) is 0 Å². The summed E-state index contributed by atoms with van der Waals surface area (Å²) in [5.41, 5.74) is 0.474. The van der Waals surface area contributed by atoms with Crippen LogP contribution >= 0.6 is 0 Å². The molecule has 0 saturated heterocycles. The monoisotopic (exact) mass is 231 g/mol. The van der Waals surface area contributed by atoms with Crippen molar-refractivity contribution in [2.24, 2.45) is 0 Å². The number of rotatable bonds is 3. The zero-order valence-corrected chi connectivity index (χ0v) is 8.99. The summed E-state index contributed by atoms with van der Waals surface area (Å²) in [5.74, 6) is 0.172. The van der Waals surface area contributed by atoms with Crippen LogP contribution in [0.4, 0.5) is 11.5 Å². The number of nitrogens with zero attached hydrogens (tertiary/aromatic N) is 4. The molecule has 2 aromatic rings. The molecule has 0 aromatic carbocycles. The molecule has 0 aliphatic rings. The fourth-order valence-corrected chi connectivity index (χ4v) is 1.42. The predicted octanol–water partition coefficient (Wildman–Crippen LogP) is 1.49. The minimum absolute atomic E-state index is 0.172. The van der Waals surface area contributed by atoms with Gasteiger partial charge in [0, 0.05) is 13.2 Å². The Morgan fingerprint density at radius 3 is 2.71 bits per heavy atom. The van der Waals surface area contributed by atoms with E-state index >= 15 is 0 Å². The van der Waals surface area contributed by atoms with Crippen molar-refractivity contribution in [3.05, 3.63) is 40.8 Å². The van der Waals surface area contributed by atoms with Gasteiger partial charge in [0.2, 0.25) is 5.82 Å². The van der Waals surface area contributed by atoms with Gasteiger partial charge in [-0.25, -0.2) is 9.97 Å². The van der Waals surface area contributed by atoms with Crippen molar-refractivity contribution in [3.8, 4) is 11.4 Å². The van der Waals surface area contributed by atoms with Crippen LogP contribution in [0, 0.1) is 10.1 Å². The van der Waals surface area contributed by atoms with E-state index in [9.17, 15) is 10.1 Å². The van der Waals surface area contributed by atoms with Crippen LogP contribution in [0.3, 0.4) is 0 Å². The minimum Gasteiger partial charge on any atom is -0.367 e. The van der Waals surface area contributed by atoms with E-state index in [0.717, 1.165) is 0 Å². The number of nitro groups is 1. The second-order valence-electron chi connectivity index (χ2n) is 3.14. The first-order chi connectivity index (χ1) is 8.24. The molecule has 1 N–H and O–H groups in total. The molecule has 2 aromatic heterocycles. The summed E-state index contributed by atoms with van der Waals surface area (Å²) in [5, 5.41) is 13.7. The molecule has 2 rings (SSSR count). The fourth-order valence-electron chi connectivity index (χ4n) is 1.42. The number of pyridine rings is 1. The molecule has 0 aliphatic heterocycles. The normalized spacial score (nSPS) is 9.94. The van der Waals surface area contributed by atoms with Crippen molar-refractivity contribution >= 4 is 11.5 Å². The first-order valence-electron chi connectivity index (χ1n) is 4.82. The largest absolute Gasteiger partial charge is 0.367 e. The van der Waals surface area contributed by atoms with E-state index in [1.54, 1.807) is 31.4 Å². The van der Waals surface area contributed by atoms with Gasteiger partial charge in [0.05, 0.1) is 10.6 Å². The summed E-state index contributed by atoms with van der Waals surface area (Å²) < 4.78 is 0. The summed E-state index contributed by atoms with van der Waals surface area (Å²) in [6, 6.07) is 5.14. The van der Waals surface area contributed by atoms with Crippen molar-refractivity contribution < 1.29 is 4.92 Å². The Morgan fingerprint density at radius 1 is 1.29 bits per heavy atom. The van der Waals surface area contributed by atoms with Crippen LogP contribution in [-0.2, 0) is 0 Å². The fraction of sp³-hybridized carbons (Fsp3) is 0.100. The number of anilines is 1. The Hall–Kier alpha value is -2.57. The third-order valence-electron chi connectivity index (χ3n) is 2.15. The molecular formula is C10H9N5O2. The lowest BCUT2D eigenvalue weighted by atomic mass is 10.2. The van der Waals surface area contributed by atoms with E-state index in [1.807, 2.05) is 0 Å². The predicted molar refractivity (Wildman–Crippen MR) is 61.5 cm³/mol. The Balaban J connectivity index is 2.66. The van der Waals surface area contributed by atoms with Gasteiger partial charge in [-0.05, 0) is 12.1 Å². The van der Waals surface area contributed by atoms with Gasteiger partial charge in [-0.15, -0.1) is 0 Å². The van der Waals surface area contributed by atoms with E-state index in [-0.39, 0.29) is 17.2 Å². The third-order valence-corrected chi connectivity index (χ3v) is 2.15. The highest BCUT2D eigenvalue weighted by atomic mass is 16.6. The highest BCUT2D eigenvalue weighted by molar-refractivity contribution is 5.74. The lowest BCUT2D eigenvalue weighted by Crippen LogP contribution is -2.03. The first kappa shape index (κ1) is 10.9. The van der Waals surface area contributed by atoms with Crippen LogP contribution in [0.1, 0.15) is 0 Å². The minimum atomic E-state index is -0.518. The number of nitrogens with one attached hydrogen (secondary N) is 1. The van der Waals surface area contributed by atoms with Crippen LogP contribution in [0.15, 0.2) is 30.7 Å². The highest BCUT2D eigenvalue weighted by Crippen LogP contribution is 2.30. The summed E-state index contributed by atoms with van der Waals surface area (Å²) >= 11 is 0. The van der Waals surface area contributed by atoms with Gasteiger partial charge in [0.1, 0.15) is 6.33 Å². The lowest BCUT2D eigenvalue weighted by Gasteiger charge is -2.04. The lowest BCUT2D eigenvalue weighted by molar-refractivity contribution is -0.383. The van der Waals surface area contributed by atoms with Crippen LogP contribution < -0.4 is 5.32 Å². The molecule has 0 saturated carbocycles. The second-order valence-corrected chi connectivity index (χ2v) is 3.14. The zero-order valence-electron chi connectivity index (χ0n) is 8.99. The van der Waals surface area contributed by atoms with Gasteiger partial charge in [0.15, 0.2) is 5.69 Å². The number of hydrogen-bond acceptors (Lipinski definition) is 6. The molecule has 0 radical (unpaired) electrons. The van der Waals surface area contributed by atoms with Gasteiger partial charge in [-0.3, -0.25) is 15.1 Å². The molecule has 7 nitrogen and oxygen atoms in total. The maximum absolute atomic E-state index is 11.0. The van der Waals surface area contributed by atoms with Gasteiger partial charge >= 0.3 is 5.69 Å². The molecule has 0 aliphatic carbocycles. The quantitative estimate of drug-likeness (QED) is 0.635. The van der Waals surface area contributed by atoms with E-state index in [2.05, 4.69) is 20.3 Å².